The number of rotatable bonds is 2. The lowest BCUT2D eigenvalue weighted by Crippen LogP contribution is -2.56. The number of aromatic nitrogens is 1. The number of aryl methyl sites for hydroxylation is 1. The number of H-pyrrole nitrogens is 1. The van der Waals surface area contributed by atoms with E-state index >= 15 is 0 Å². The molecule has 34 heavy (non-hydrogen) atoms. The van der Waals surface area contributed by atoms with Crippen molar-refractivity contribution >= 4 is 34.3 Å². The van der Waals surface area contributed by atoms with E-state index in [-0.39, 0.29) is 23.8 Å². The van der Waals surface area contributed by atoms with Crippen molar-refractivity contribution in [2.24, 2.45) is 11.8 Å². The number of nitrogens with one attached hydrogen (secondary N) is 3. The Kier molecular flexibility index (Phi) is 4.22. The Labute approximate surface area is 197 Å². The maximum atomic E-state index is 13.9. The fourth-order valence-corrected chi connectivity index (χ4v) is 6.29. The average molecular weight is 457 g/mol. The van der Waals surface area contributed by atoms with Crippen LogP contribution in [-0.4, -0.2) is 39.2 Å². The second-order valence-corrected chi connectivity index (χ2v) is 10.8. The largest absolute Gasteiger partial charge is 0.361 e. The smallest absolute Gasteiger partial charge is 0.250 e. The van der Waals surface area contributed by atoms with Crippen LogP contribution in [0.15, 0.2) is 48.7 Å². The summed E-state index contributed by atoms with van der Waals surface area (Å²) in [5.74, 6) is -2.16. The molecule has 6 rings (SSSR count). The van der Waals surface area contributed by atoms with Crippen LogP contribution in [0.2, 0.25) is 0 Å². The van der Waals surface area contributed by atoms with E-state index in [1.807, 2.05) is 76.4 Å². The van der Waals surface area contributed by atoms with Gasteiger partial charge in [-0.25, -0.2) is 0 Å². The summed E-state index contributed by atoms with van der Waals surface area (Å²) in [7, 11) is 0. The zero-order chi connectivity index (χ0) is 24.0. The summed E-state index contributed by atoms with van der Waals surface area (Å²) in [6.07, 6.45) is 2.49. The standard InChI is InChI=1S/C27H28N4O3/c1-14-9-10-19-17(11-14)27(25(34)29-19)22-21(23(32)31(24(22)33)26(2,3)4)20(30-27)12-15-13-28-18-8-6-5-7-16(15)18/h5-11,13,20-22,28,30H,12H2,1-4H3,(H,29,34)/t20-,21+,22-,27+/m0/s1. The van der Waals surface area contributed by atoms with Crippen LogP contribution in [0.3, 0.4) is 0 Å². The molecule has 2 aromatic carbocycles. The summed E-state index contributed by atoms with van der Waals surface area (Å²) < 4.78 is 0. The van der Waals surface area contributed by atoms with Crippen molar-refractivity contribution in [1.29, 1.82) is 0 Å². The third kappa shape index (κ3) is 2.64. The van der Waals surface area contributed by atoms with Gasteiger partial charge in [-0.1, -0.05) is 35.9 Å². The molecule has 3 aromatic rings. The third-order valence-electron chi connectivity index (χ3n) is 7.66. The molecular formula is C27H28N4O3. The summed E-state index contributed by atoms with van der Waals surface area (Å²) in [5.41, 5.74) is 2.59. The number of para-hydroxylation sites is 1. The van der Waals surface area contributed by atoms with Gasteiger partial charge >= 0.3 is 0 Å². The molecule has 2 saturated heterocycles. The van der Waals surface area contributed by atoms with Crippen LogP contribution < -0.4 is 10.6 Å². The van der Waals surface area contributed by atoms with Crippen molar-refractivity contribution in [1.82, 2.24) is 15.2 Å². The quantitative estimate of drug-likeness (QED) is 0.516. The first kappa shape index (κ1) is 21.1. The maximum absolute atomic E-state index is 13.9. The number of hydrogen-bond acceptors (Lipinski definition) is 4. The molecule has 2 fully saturated rings. The van der Waals surface area contributed by atoms with Gasteiger partial charge in [-0.05, 0) is 51.8 Å². The molecule has 3 aliphatic rings. The van der Waals surface area contributed by atoms with Gasteiger partial charge in [0.15, 0.2) is 0 Å². The second-order valence-electron chi connectivity index (χ2n) is 10.8. The van der Waals surface area contributed by atoms with E-state index in [0.29, 0.717) is 12.1 Å². The number of amides is 3. The molecule has 0 aliphatic carbocycles. The molecule has 0 saturated carbocycles. The summed E-state index contributed by atoms with van der Waals surface area (Å²) in [4.78, 5) is 46.0. The molecule has 4 atom stereocenters. The SMILES string of the molecule is Cc1ccc2c(c1)[C@]1(N[C@@H](Cc3c[nH]c4ccccc34)[C@H]3C(=O)N(C(C)(C)C)C(=O)[C@H]31)C(=O)N2. The van der Waals surface area contributed by atoms with Gasteiger partial charge in [0.05, 0.1) is 11.8 Å². The number of nitrogens with zero attached hydrogens (tertiary/aromatic N) is 1. The molecule has 0 unspecified atom stereocenters. The van der Waals surface area contributed by atoms with Gasteiger partial charge in [-0.15, -0.1) is 0 Å². The van der Waals surface area contributed by atoms with E-state index in [1.165, 1.54) is 4.90 Å². The Morgan fingerprint density at radius 3 is 2.56 bits per heavy atom. The van der Waals surface area contributed by atoms with E-state index in [4.69, 9.17) is 0 Å². The number of imide groups is 1. The maximum Gasteiger partial charge on any atom is 0.250 e. The predicted molar refractivity (Wildman–Crippen MR) is 129 cm³/mol. The Balaban J connectivity index is 1.51. The fraction of sp³-hybridized carbons (Fsp3) is 0.370. The van der Waals surface area contributed by atoms with Crippen LogP contribution in [0.1, 0.15) is 37.5 Å². The van der Waals surface area contributed by atoms with Crippen LogP contribution in [0.5, 0.6) is 0 Å². The first-order chi connectivity index (χ1) is 16.1. The van der Waals surface area contributed by atoms with Gasteiger partial charge in [-0.2, -0.15) is 0 Å². The molecule has 3 aliphatic heterocycles. The van der Waals surface area contributed by atoms with Gasteiger partial charge in [0.25, 0.3) is 0 Å². The Bertz CT molecular complexity index is 1380. The summed E-state index contributed by atoms with van der Waals surface area (Å²) in [6, 6.07) is 13.4. The molecular weight excluding hydrogens is 428 g/mol. The zero-order valence-corrected chi connectivity index (χ0v) is 19.7. The second kappa shape index (κ2) is 6.79. The number of hydrogen-bond donors (Lipinski definition) is 3. The van der Waals surface area contributed by atoms with Crippen LogP contribution in [-0.2, 0) is 26.3 Å². The van der Waals surface area contributed by atoms with E-state index in [1.54, 1.807) is 0 Å². The summed E-state index contributed by atoms with van der Waals surface area (Å²) >= 11 is 0. The van der Waals surface area contributed by atoms with Crippen molar-refractivity contribution in [3.8, 4) is 0 Å². The van der Waals surface area contributed by atoms with Gasteiger partial charge in [0.1, 0.15) is 5.54 Å². The van der Waals surface area contributed by atoms with Crippen molar-refractivity contribution in [3.05, 3.63) is 65.4 Å². The molecule has 1 aromatic heterocycles. The summed E-state index contributed by atoms with van der Waals surface area (Å²) in [6.45, 7) is 7.57. The lowest BCUT2D eigenvalue weighted by molar-refractivity contribution is -0.147. The normalized spacial score (nSPS) is 28.2. The van der Waals surface area contributed by atoms with Gasteiger partial charge < -0.3 is 10.3 Å². The molecule has 7 nitrogen and oxygen atoms in total. The molecule has 3 amide bonds. The van der Waals surface area contributed by atoms with Crippen LogP contribution in [0, 0.1) is 18.8 Å². The highest BCUT2D eigenvalue weighted by Crippen LogP contribution is 2.54. The minimum atomic E-state index is -1.27. The van der Waals surface area contributed by atoms with Crippen molar-refractivity contribution < 1.29 is 14.4 Å². The van der Waals surface area contributed by atoms with Gasteiger partial charge in [0.2, 0.25) is 17.7 Å². The number of benzene rings is 2. The average Bonchev–Trinajstić information content (AvgIpc) is 3.47. The van der Waals surface area contributed by atoms with Crippen molar-refractivity contribution in [2.45, 2.75) is 51.2 Å². The Hall–Kier alpha value is -3.45. The topological polar surface area (TPSA) is 94.3 Å². The van der Waals surface area contributed by atoms with E-state index < -0.39 is 22.9 Å². The van der Waals surface area contributed by atoms with Crippen LogP contribution >= 0.6 is 0 Å². The highest BCUT2D eigenvalue weighted by atomic mass is 16.2. The molecule has 0 bridgehead atoms. The van der Waals surface area contributed by atoms with E-state index in [9.17, 15) is 14.4 Å². The van der Waals surface area contributed by atoms with E-state index in [2.05, 4.69) is 15.6 Å². The predicted octanol–water partition coefficient (Wildman–Crippen LogP) is 3.24. The molecule has 7 heteroatoms. The number of carbonyl (C=O) groups excluding carboxylic acids is 3. The number of aromatic amines is 1. The summed E-state index contributed by atoms with van der Waals surface area (Å²) in [5, 5.41) is 7.60. The van der Waals surface area contributed by atoms with Crippen molar-refractivity contribution in [2.75, 3.05) is 5.32 Å². The minimum absolute atomic E-state index is 0.203. The first-order valence-electron chi connectivity index (χ1n) is 11.8. The van der Waals surface area contributed by atoms with E-state index in [0.717, 1.165) is 27.6 Å². The minimum Gasteiger partial charge on any atom is -0.361 e. The molecule has 3 N–H and O–H groups in total. The van der Waals surface area contributed by atoms with Crippen LogP contribution in [0.25, 0.3) is 10.9 Å². The number of likely N-dealkylation sites (tertiary alicyclic amines) is 1. The van der Waals surface area contributed by atoms with Gasteiger partial charge in [-0.3, -0.25) is 24.6 Å². The molecule has 174 valence electrons. The molecule has 0 radical (unpaired) electrons. The number of carbonyl (C=O) groups is 3. The lowest BCUT2D eigenvalue weighted by atomic mass is 9.76. The number of fused-ring (bicyclic) bond motifs is 5. The fourth-order valence-electron chi connectivity index (χ4n) is 6.29. The lowest BCUT2D eigenvalue weighted by Gasteiger charge is -2.34. The molecule has 1 spiro atoms. The zero-order valence-electron chi connectivity index (χ0n) is 19.7. The van der Waals surface area contributed by atoms with Crippen LogP contribution in [0.4, 0.5) is 5.69 Å². The Morgan fingerprint density at radius 1 is 1.03 bits per heavy atom. The molecule has 4 heterocycles. The number of anilines is 1. The third-order valence-corrected chi connectivity index (χ3v) is 7.66. The first-order valence-corrected chi connectivity index (χ1v) is 11.8. The monoisotopic (exact) mass is 456 g/mol. The highest BCUT2D eigenvalue weighted by molar-refractivity contribution is 6.15. The Morgan fingerprint density at radius 2 is 1.79 bits per heavy atom. The highest BCUT2D eigenvalue weighted by Gasteiger charge is 2.71. The van der Waals surface area contributed by atoms with Crippen molar-refractivity contribution in [3.63, 3.8) is 0 Å². The van der Waals surface area contributed by atoms with Gasteiger partial charge in [0, 0.05) is 39.9 Å².